The lowest BCUT2D eigenvalue weighted by Gasteiger charge is -2.25. The molecule has 0 saturated heterocycles. The zero-order valence-corrected chi connectivity index (χ0v) is 13.9. The second-order valence-electron chi connectivity index (χ2n) is 7.07. The summed E-state index contributed by atoms with van der Waals surface area (Å²) in [5.74, 6) is 0.336. The molecule has 0 aromatic heterocycles. The molecule has 116 valence electrons. The van der Waals surface area contributed by atoms with E-state index >= 15 is 0 Å². The summed E-state index contributed by atoms with van der Waals surface area (Å²) in [5.41, 5.74) is 3.05. The lowest BCUT2D eigenvalue weighted by Crippen LogP contribution is -2.15. The molecule has 0 heterocycles. The van der Waals surface area contributed by atoms with Gasteiger partial charge in [0.1, 0.15) is 0 Å². The predicted octanol–water partition coefficient (Wildman–Crippen LogP) is 5.48. The Morgan fingerprint density at radius 3 is 2.23 bits per heavy atom. The summed E-state index contributed by atoms with van der Waals surface area (Å²) >= 11 is 0. The van der Waals surface area contributed by atoms with Crippen molar-refractivity contribution in [2.75, 3.05) is 5.32 Å². The Morgan fingerprint density at radius 2 is 1.59 bits per heavy atom. The normalized spacial score (nSPS) is 12.7. The smallest absolute Gasteiger partial charge is 0.255 e. The lowest BCUT2D eigenvalue weighted by atomic mass is 9.82. The number of anilines is 1. The summed E-state index contributed by atoms with van der Waals surface area (Å²) in [4.78, 5) is 12.4. The van der Waals surface area contributed by atoms with Crippen LogP contribution in [0.3, 0.4) is 0 Å². The van der Waals surface area contributed by atoms with Gasteiger partial charge < -0.3 is 5.32 Å². The van der Waals surface area contributed by atoms with Crippen LogP contribution in [0, 0.1) is 5.41 Å². The van der Waals surface area contributed by atoms with Gasteiger partial charge in [0.15, 0.2) is 0 Å². The highest BCUT2D eigenvalue weighted by Gasteiger charge is 2.19. The maximum absolute atomic E-state index is 12.4. The molecular weight excluding hydrogens is 270 g/mol. The van der Waals surface area contributed by atoms with Crippen LogP contribution < -0.4 is 5.32 Å². The van der Waals surface area contributed by atoms with Crippen LogP contribution in [-0.2, 0) is 0 Å². The van der Waals surface area contributed by atoms with Crippen LogP contribution in [-0.4, -0.2) is 5.91 Å². The highest BCUT2D eigenvalue weighted by molar-refractivity contribution is 6.04. The van der Waals surface area contributed by atoms with Gasteiger partial charge in [-0.1, -0.05) is 64.1 Å². The van der Waals surface area contributed by atoms with E-state index in [0.717, 1.165) is 12.1 Å². The molecule has 2 heteroatoms. The van der Waals surface area contributed by atoms with Gasteiger partial charge in [0.2, 0.25) is 0 Å². The van der Waals surface area contributed by atoms with Gasteiger partial charge in [0.25, 0.3) is 5.91 Å². The minimum Gasteiger partial charge on any atom is -0.322 e. The molecule has 2 aromatic carbocycles. The van der Waals surface area contributed by atoms with E-state index in [9.17, 15) is 4.79 Å². The fraction of sp³-hybridized carbons (Fsp3) is 0.350. The Morgan fingerprint density at radius 1 is 1.00 bits per heavy atom. The van der Waals surface area contributed by atoms with E-state index < -0.39 is 0 Å². The Bertz CT molecular complexity index is 626. The molecule has 0 aliphatic carbocycles. The zero-order chi connectivity index (χ0) is 16.2. The first-order valence-corrected chi connectivity index (χ1v) is 7.82. The topological polar surface area (TPSA) is 29.1 Å². The number of hydrogen-bond acceptors (Lipinski definition) is 1. The van der Waals surface area contributed by atoms with E-state index in [1.807, 2.05) is 48.5 Å². The molecule has 0 aliphatic heterocycles. The van der Waals surface area contributed by atoms with E-state index in [1.54, 1.807) is 0 Å². The van der Waals surface area contributed by atoms with Crippen molar-refractivity contribution in [3.8, 4) is 0 Å². The Hall–Kier alpha value is -2.09. The molecule has 2 rings (SSSR count). The average molecular weight is 295 g/mol. The van der Waals surface area contributed by atoms with Crippen molar-refractivity contribution >= 4 is 11.6 Å². The van der Waals surface area contributed by atoms with Crippen LogP contribution in [0.5, 0.6) is 0 Å². The molecule has 22 heavy (non-hydrogen) atoms. The van der Waals surface area contributed by atoms with Crippen LogP contribution in [0.1, 0.15) is 56.0 Å². The highest BCUT2D eigenvalue weighted by Crippen LogP contribution is 2.34. The monoisotopic (exact) mass is 295 g/mol. The van der Waals surface area contributed by atoms with Gasteiger partial charge in [0, 0.05) is 11.3 Å². The van der Waals surface area contributed by atoms with Gasteiger partial charge in [0.05, 0.1) is 0 Å². The second-order valence-corrected chi connectivity index (χ2v) is 7.07. The van der Waals surface area contributed by atoms with Crippen LogP contribution in [0.25, 0.3) is 0 Å². The van der Waals surface area contributed by atoms with E-state index in [0.29, 0.717) is 11.5 Å². The SMILES string of the molecule is CC(CC(C)(C)C)c1ccccc1NC(=O)c1ccccc1. The molecule has 0 bridgehead atoms. The first kappa shape index (κ1) is 16.3. The molecular formula is C20H25NO. The molecule has 1 N–H and O–H groups in total. The number of carbonyl (C=O) groups is 1. The van der Waals surface area contributed by atoms with E-state index in [-0.39, 0.29) is 11.3 Å². The fourth-order valence-electron chi connectivity index (χ4n) is 2.85. The third kappa shape index (κ3) is 4.45. The van der Waals surface area contributed by atoms with Crippen molar-refractivity contribution in [1.82, 2.24) is 0 Å². The van der Waals surface area contributed by atoms with Crippen LogP contribution in [0.2, 0.25) is 0 Å². The number of hydrogen-bond donors (Lipinski definition) is 1. The lowest BCUT2D eigenvalue weighted by molar-refractivity contribution is 0.102. The molecule has 2 aromatic rings. The summed E-state index contributed by atoms with van der Waals surface area (Å²) in [5, 5.41) is 3.05. The number of para-hydroxylation sites is 1. The maximum atomic E-state index is 12.4. The van der Waals surface area contributed by atoms with E-state index in [1.165, 1.54) is 5.56 Å². The molecule has 0 spiro atoms. The number of rotatable bonds is 4. The first-order chi connectivity index (χ1) is 10.4. The first-order valence-electron chi connectivity index (χ1n) is 7.82. The predicted molar refractivity (Wildman–Crippen MR) is 93.3 cm³/mol. The minimum atomic E-state index is -0.0593. The van der Waals surface area contributed by atoms with Crippen molar-refractivity contribution in [3.63, 3.8) is 0 Å². The van der Waals surface area contributed by atoms with Crippen LogP contribution >= 0.6 is 0 Å². The summed E-state index contributed by atoms with van der Waals surface area (Å²) in [6.45, 7) is 8.96. The van der Waals surface area contributed by atoms with Gasteiger partial charge in [-0.25, -0.2) is 0 Å². The molecule has 0 saturated carbocycles. The Labute approximate surface area is 133 Å². The molecule has 2 nitrogen and oxygen atoms in total. The number of carbonyl (C=O) groups excluding carboxylic acids is 1. The standard InChI is InChI=1S/C20H25NO/c1-15(14-20(2,3)4)17-12-8-9-13-18(17)21-19(22)16-10-6-5-7-11-16/h5-13,15H,14H2,1-4H3,(H,21,22). The summed E-state index contributed by atoms with van der Waals surface area (Å²) in [7, 11) is 0. The summed E-state index contributed by atoms with van der Waals surface area (Å²) in [6, 6.07) is 17.4. The maximum Gasteiger partial charge on any atom is 0.255 e. The van der Waals surface area contributed by atoms with Crippen LogP contribution in [0.15, 0.2) is 54.6 Å². The third-order valence-electron chi connectivity index (χ3n) is 3.69. The van der Waals surface area contributed by atoms with Gasteiger partial charge in [-0.2, -0.15) is 0 Å². The molecule has 0 aliphatic rings. The van der Waals surface area contributed by atoms with E-state index in [2.05, 4.69) is 39.1 Å². The van der Waals surface area contributed by atoms with Crippen molar-refractivity contribution in [2.45, 2.75) is 40.0 Å². The molecule has 0 radical (unpaired) electrons. The van der Waals surface area contributed by atoms with Crippen LogP contribution in [0.4, 0.5) is 5.69 Å². The Balaban J connectivity index is 2.20. The van der Waals surface area contributed by atoms with E-state index in [4.69, 9.17) is 0 Å². The van der Waals surface area contributed by atoms with Gasteiger partial charge in [-0.15, -0.1) is 0 Å². The Kier molecular flexibility index (Phi) is 5.02. The van der Waals surface area contributed by atoms with Gasteiger partial charge in [-0.3, -0.25) is 4.79 Å². The van der Waals surface area contributed by atoms with Crippen molar-refractivity contribution in [1.29, 1.82) is 0 Å². The summed E-state index contributed by atoms with van der Waals surface area (Å²) in [6.07, 6.45) is 1.07. The molecule has 1 atom stereocenters. The number of amides is 1. The fourth-order valence-corrected chi connectivity index (χ4v) is 2.85. The number of nitrogens with one attached hydrogen (secondary N) is 1. The number of benzene rings is 2. The zero-order valence-electron chi connectivity index (χ0n) is 13.9. The highest BCUT2D eigenvalue weighted by atomic mass is 16.1. The van der Waals surface area contributed by atoms with Crippen molar-refractivity contribution in [2.24, 2.45) is 5.41 Å². The molecule has 1 amide bonds. The van der Waals surface area contributed by atoms with Crippen molar-refractivity contribution in [3.05, 3.63) is 65.7 Å². The largest absolute Gasteiger partial charge is 0.322 e. The summed E-state index contributed by atoms with van der Waals surface area (Å²) < 4.78 is 0. The molecule has 0 fully saturated rings. The van der Waals surface area contributed by atoms with Gasteiger partial charge >= 0.3 is 0 Å². The second kappa shape index (κ2) is 6.78. The minimum absolute atomic E-state index is 0.0593. The quantitative estimate of drug-likeness (QED) is 0.795. The molecule has 1 unspecified atom stereocenters. The van der Waals surface area contributed by atoms with Crippen molar-refractivity contribution < 1.29 is 4.79 Å². The third-order valence-corrected chi connectivity index (χ3v) is 3.69. The average Bonchev–Trinajstić information content (AvgIpc) is 2.47. The van der Waals surface area contributed by atoms with Gasteiger partial charge in [-0.05, 0) is 41.5 Å².